The highest BCUT2D eigenvalue weighted by molar-refractivity contribution is 9.10. The first kappa shape index (κ1) is 17.2. The van der Waals surface area contributed by atoms with Crippen molar-refractivity contribution in [2.75, 3.05) is 7.05 Å². The van der Waals surface area contributed by atoms with Crippen molar-refractivity contribution in [1.82, 2.24) is 9.88 Å². The Morgan fingerprint density at radius 2 is 2.09 bits per heavy atom. The van der Waals surface area contributed by atoms with Gasteiger partial charge in [0.15, 0.2) is 0 Å². The molecule has 1 amide bonds. The fourth-order valence-corrected chi connectivity index (χ4v) is 3.68. The molecule has 1 aromatic carbocycles. The van der Waals surface area contributed by atoms with Crippen molar-refractivity contribution in [3.8, 4) is 10.6 Å². The molecular weight excluding hydrogens is 360 g/mol. The third-order valence-corrected chi connectivity index (χ3v) is 5.27. The number of thiazole rings is 1. The smallest absolute Gasteiger partial charge is 0.228 e. The molecule has 22 heavy (non-hydrogen) atoms. The largest absolute Gasteiger partial charge is 0.342 e. The SMILES string of the molecule is CCC(CC)N(C)C(=O)Cc1csc(-c2cccc(Br)c2)n1. The topological polar surface area (TPSA) is 33.2 Å². The average molecular weight is 381 g/mol. The predicted molar refractivity (Wildman–Crippen MR) is 96.1 cm³/mol. The van der Waals surface area contributed by atoms with Crippen molar-refractivity contribution in [1.29, 1.82) is 0 Å². The number of hydrogen-bond acceptors (Lipinski definition) is 3. The lowest BCUT2D eigenvalue weighted by Crippen LogP contribution is -2.37. The van der Waals surface area contributed by atoms with Gasteiger partial charge in [-0.3, -0.25) is 4.79 Å². The van der Waals surface area contributed by atoms with Crippen molar-refractivity contribution in [2.45, 2.75) is 39.2 Å². The van der Waals surface area contributed by atoms with E-state index < -0.39 is 0 Å². The van der Waals surface area contributed by atoms with Gasteiger partial charge in [-0.15, -0.1) is 11.3 Å². The third kappa shape index (κ3) is 4.17. The van der Waals surface area contributed by atoms with E-state index in [0.29, 0.717) is 12.5 Å². The quantitative estimate of drug-likeness (QED) is 0.723. The van der Waals surface area contributed by atoms with Crippen molar-refractivity contribution in [2.24, 2.45) is 0 Å². The zero-order chi connectivity index (χ0) is 16.1. The second kappa shape index (κ2) is 7.88. The fourth-order valence-electron chi connectivity index (χ4n) is 2.46. The van der Waals surface area contributed by atoms with Gasteiger partial charge in [-0.25, -0.2) is 4.98 Å². The lowest BCUT2D eigenvalue weighted by atomic mass is 10.1. The minimum atomic E-state index is 0.139. The van der Waals surface area contributed by atoms with Crippen LogP contribution in [0, 0.1) is 0 Å². The van der Waals surface area contributed by atoms with Crippen LogP contribution in [0.5, 0.6) is 0 Å². The van der Waals surface area contributed by atoms with E-state index in [4.69, 9.17) is 0 Å². The molecular formula is C17H21BrN2OS. The number of amides is 1. The summed E-state index contributed by atoms with van der Waals surface area (Å²) in [5.41, 5.74) is 1.93. The highest BCUT2D eigenvalue weighted by Gasteiger charge is 2.18. The van der Waals surface area contributed by atoms with Crippen LogP contribution in [0.25, 0.3) is 10.6 Å². The van der Waals surface area contributed by atoms with Gasteiger partial charge in [0, 0.05) is 28.5 Å². The molecule has 0 aliphatic carbocycles. The van der Waals surface area contributed by atoms with Crippen LogP contribution in [-0.4, -0.2) is 28.9 Å². The summed E-state index contributed by atoms with van der Waals surface area (Å²) in [6, 6.07) is 8.38. The molecule has 118 valence electrons. The average Bonchev–Trinajstić information content (AvgIpc) is 2.97. The zero-order valence-corrected chi connectivity index (χ0v) is 15.6. The summed E-state index contributed by atoms with van der Waals surface area (Å²) >= 11 is 5.06. The number of rotatable bonds is 6. The molecule has 0 bridgehead atoms. The number of hydrogen-bond donors (Lipinski definition) is 0. The normalized spacial score (nSPS) is 11.0. The minimum absolute atomic E-state index is 0.139. The zero-order valence-electron chi connectivity index (χ0n) is 13.2. The van der Waals surface area contributed by atoms with E-state index >= 15 is 0 Å². The predicted octanol–water partition coefficient (Wildman–Crippen LogP) is 4.76. The number of halogens is 1. The van der Waals surface area contributed by atoms with Gasteiger partial charge in [0.2, 0.25) is 5.91 Å². The maximum Gasteiger partial charge on any atom is 0.228 e. The monoisotopic (exact) mass is 380 g/mol. The molecule has 0 saturated heterocycles. The number of nitrogens with zero attached hydrogens (tertiary/aromatic N) is 2. The van der Waals surface area contributed by atoms with E-state index in [2.05, 4.69) is 34.8 Å². The first-order valence-electron chi connectivity index (χ1n) is 7.51. The molecule has 0 unspecified atom stereocenters. The molecule has 0 saturated carbocycles. The molecule has 0 fully saturated rings. The molecule has 3 nitrogen and oxygen atoms in total. The second-order valence-electron chi connectivity index (χ2n) is 5.31. The van der Waals surface area contributed by atoms with Crippen molar-refractivity contribution >= 4 is 33.2 Å². The minimum Gasteiger partial charge on any atom is -0.342 e. The lowest BCUT2D eigenvalue weighted by Gasteiger charge is -2.26. The lowest BCUT2D eigenvalue weighted by molar-refractivity contribution is -0.131. The van der Waals surface area contributed by atoms with E-state index in [1.165, 1.54) is 0 Å². The van der Waals surface area contributed by atoms with Crippen molar-refractivity contribution in [3.63, 3.8) is 0 Å². The Balaban J connectivity index is 2.07. The Bertz CT molecular complexity index is 637. The van der Waals surface area contributed by atoms with Gasteiger partial charge in [-0.1, -0.05) is 41.9 Å². The number of carbonyl (C=O) groups is 1. The van der Waals surface area contributed by atoms with Gasteiger partial charge in [0.05, 0.1) is 12.1 Å². The van der Waals surface area contributed by atoms with E-state index in [1.54, 1.807) is 11.3 Å². The number of carbonyl (C=O) groups excluding carboxylic acids is 1. The van der Waals surface area contributed by atoms with Gasteiger partial charge in [0.1, 0.15) is 5.01 Å². The van der Waals surface area contributed by atoms with Gasteiger partial charge < -0.3 is 4.90 Å². The summed E-state index contributed by atoms with van der Waals surface area (Å²) in [6.07, 6.45) is 2.34. The molecule has 0 spiro atoms. The summed E-state index contributed by atoms with van der Waals surface area (Å²) in [7, 11) is 1.89. The molecule has 0 radical (unpaired) electrons. The summed E-state index contributed by atoms with van der Waals surface area (Å²) < 4.78 is 1.03. The van der Waals surface area contributed by atoms with E-state index in [9.17, 15) is 4.79 Å². The first-order valence-corrected chi connectivity index (χ1v) is 9.18. The molecule has 0 aliphatic heterocycles. The van der Waals surface area contributed by atoms with Crippen molar-refractivity contribution in [3.05, 3.63) is 39.8 Å². The summed E-state index contributed by atoms with van der Waals surface area (Å²) in [5.74, 6) is 0.139. The molecule has 0 atom stereocenters. The van der Waals surface area contributed by atoms with E-state index in [-0.39, 0.29) is 5.91 Å². The fraction of sp³-hybridized carbons (Fsp3) is 0.412. The maximum atomic E-state index is 12.4. The number of aromatic nitrogens is 1. The molecule has 2 rings (SSSR count). The highest BCUT2D eigenvalue weighted by Crippen LogP contribution is 2.26. The van der Waals surface area contributed by atoms with Crippen LogP contribution >= 0.6 is 27.3 Å². The van der Waals surface area contributed by atoms with Crippen LogP contribution in [0.15, 0.2) is 34.1 Å². The van der Waals surface area contributed by atoms with Gasteiger partial charge in [0.25, 0.3) is 0 Å². The summed E-state index contributed by atoms with van der Waals surface area (Å²) in [4.78, 5) is 18.8. The standard InChI is InChI=1S/C17H21BrN2OS/c1-4-15(5-2)20(3)16(21)10-14-11-22-17(19-14)12-7-6-8-13(18)9-12/h6-9,11,15H,4-5,10H2,1-3H3. The van der Waals surface area contributed by atoms with Crippen molar-refractivity contribution < 1.29 is 4.79 Å². The van der Waals surface area contributed by atoms with Crippen LogP contribution in [0.1, 0.15) is 32.4 Å². The Morgan fingerprint density at radius 1 is 1.36 bits per heavy atom. The Labute approximate surface area is 144 Å². The highest BCUT2D eigenvalue weighted by atomic mass is 79.9. The van der Waals surface area contributed by atoms with Crippen LogP contribution < -0.4 is 0 Å². The van der Waals surface area contributed by atoms with Gasteiger partial charge in [-0.2, -0.15) is 0 Å². The Hall–Kier alpha value is -1.20. The molecule has 0 N–H and O–H groups in total. The Morgan fingerprint density at radius 3 is 2.73 bits per heavy atom. The number of benzene rings is 1. The van der Waals surface area contributed by atoms with E-state index in [0.717, 1.165) is 33.6 Å². The first-order chi connectivity index (χ1) is 10.5. The molecule has 0 aliphatic rings. The van der Waals surface area contributed by atoms with Gasteiger partial charge in [-0.05, 0) is 25.0 Å². The maximum absolute atomic E-state index is 12.4. The number of likely N-dealkylation sites (N-methyl/N-ethyl adjacent to an activating group) is 1. The van der Waals surface area contributed by atoms with Gasteiger partial charge >= 0.3 is 0 Å². The second-order valence-corrected chi connectivity index (χ2v) is 7.08. The summed E-state index contributed by atoms with van der Waals surface area (Å²) in [5, 5.41) is 2.93. The summed E-state index contributed by atoms with van der Waals surface area (Å²) in [6.45, 7) is 4.23. The van der Waals surface area contributed by atoms with Crippen LogP contribution in [0.4, 0.5) is 0 Å². The van der Waals surface area contributed by atoms with E-state index in [1.807, 2.05) is 41.6 Å². The molecule has 1 aromatic heterocycles. The third-order valence-electron chi connectivity index (χ3n) is 3.84. The Kier molecular flexibility index (Phi) is 6.15. The van der Waals surface area contributed by atoms with Crippen LogP contribution in [0.3, 0.4) is 0 Å². The molecule has 1 heterocycles. The molecule has 2 aromatic rings. The van der Waals surface area contributed by atoms with Crippen LogP contribution in [0.2, 0.25) is 0 Å². The molecule has 5 heteroatoms. The van der Waals surface area contributed by atoms with Crippen LogP contribution in [-0.2, 0) is 11.2 Å².